The number of rotatable bonds is 6. The van der Waals surface area contributed by atoms with Crippen molar-refractivity contribution < 1.29 is 14.3 Å². The Labute approximate surface area is 173 Å². The van der Waals surface area contributed by atoms with Crippen molar-refractivity contribution in [3.8, 4) is 11.5 Å². The molecule has 1 saturated heterocycles. The maximum atomic E-state index is 12.7. The minimum absolute atomic E-state index is 0.0193. The predicted octanol–water partition coefficient (Wildman–Crippen LogP) is 3.85. The van der Waals surface area contributed by atoms with Gasteiger partial charge in [-0.1, -0.05) is 17.7 Å². The Kier molecular flexibility index (Phi) is 6.99. The number of urea groups is 1. The topological polar surface area (TPSA) is 54.0 Å². The highest BCUT2D eigenvalue weighted by atomic mass is 16.5. The number of nitrogens with one attached hydrogen (secondary N) is 1. The van der Waals surface area contributed by atoms with Crippen LogP contribution in [0.15, 0.2) is 36.4 Å². The zero-order valence-electron chi connectivity index (χ0n) is 17.8. The zero-order valence-corrected chi connectivity index (χ0v) is 17.8. The van der Waals surface area contributed by atoms with E-state index < -0.39 is 0 Å². The molecule has 0 aliphatic carbocycles. The first-order valence-electron chi connectivity index (χ1n) is 10.1. The van der Waals surface area contributed by atoms with Gasteiger partial charge in [0.25, 0.3) is 0 Å². The van der Waals surface area contributed by atoms with E-state index in [9.17, 15) is 4.79 Å². The summed E-state index contributed by atoms with van der Waals surface area (Å²) in [6.45, 7) is 10.8. The molecular formula is C23H31N3O3. The number of anilines is 1. The van der Waals surface area contributed by atoms with Crippen LogP contribution in [0.25, 0.3) is 0 Å². The van der Waals surface area contributed by atoms with Crippen LogP contribution in [-0.2, 0) is 0 Å². The molecule has 0 aromatic heterocycles. The van der Waals surface area contributed by atoms with Crippen LogP contribution in [0.5, 0.6) is 11.5 Å². The number of nitrogens with zero attached hydrogens (tertiary/aromatic N) is 2. The van der Waals surface area contributed by atoms with E-state index in [2.05, 4.69) is 29.3 Å². The van der Waals surface area contributed by atoms with Crippen molar-refractivity contribution in [1.82, 2.24) is 9.80 Å². The molecule has 0 radical (unpaired) electrons. The fraction of sp³-hybridized carbons (Fsp3) is 0.435. The van der Waals surface area contributed by atoms with Crippen molar-refractivity contribution in [1.29, 1.82) is 0 Å². The molecule has 6 heteroatoms. The van der Waals surface area contributed by atoms with Crippen LogP contribution < -0.4 is 14.8 Å². The summed E-state index contributed by atoms with van der Waals surface area (Å²) >= 11 is 0. The van der Waals surface area contributed by atoms with Gasteiger partial charge in [-0.3, -0.25) is 4.90 Å². The van der Waals surface area contributed by atoms with Crippen LogP contribution >= 0.6 is 0 Å². The summed E-state index contributed by atoms with van der Waals surface area (Å²) in [5.41, 5.74) is 4.34. The summed E-state index contributed by atoms with van der Waals surface area (Å²) in [5, 5.41) is 3.10. The minimum atomic E-state index is -0.0193. The number of amides is 2. The summed E-state index contributed by atoms with van der Waals surface area (Å²) in [6.07, 6.45) is 0. The molecule has 1 aliphatic heterocycles. The second-order valence-electron chi connectivity index (χ2n) is 7.56. The van der Waals surface area contributed by atoms with Gasteiger partial charge in [0, 0.05) is 38.4 Å². The summed E-state index contributed by atoms with van der Waals surface area (Å²) in [4.78, 5) is 16.9. The Balaban J connectivity index is 1.42. The first-order valence-corrected chi connectivity index (χ1v) is 10.1. The number of carbonyl (C=O) groups is 1. The van der Waals surface area contributed by atoms with Crippen LogP contribution in [-0.4, -0.2) is 62.3 Å². The molecule has 29 heavy (non-hydrogen) atoms. The maximum Gasteiger partial charge on any atom is 0.321 e. The van der Waals surface area contributed by atoms with Gasteiger partial charge in [-0.15, -0.1) is 0 Å². The molecule has 2 amide bonds. The molecule has 2 aromatic carbocycles. The molecule has 0 saturated carbocycles. The third-order valence-corrected chi connectivity index (χ3v) is 5.30. The van der Waals surface area contributed by atoms with Gasteiger partial charge in [-0.05, 0) is 56.2 Å². The zero-order chi connectivity index (χ0) is 20.8. The fourth-order valence-electron chi connectivity index (χ4n) is 3.70. The normalized spacial score (nSPS) is 14.6. The van der Waals surface area contributed by atoms with Crippen LogP contribution in [0.2, 0.25) is 0 Å². The summed E-state index contributed by atoms with van der Waals surface area (Å²) in [7, 11) is 1.65. The van der Waals surface area contributed by atoms with Crippen molar-refractivity contribution in [2.45, 2.75) is 20.8 Å². The molecule has 156 valence electrons. The van der Waals surface area contributed by atoms with E-state index >= 15 is 0 Å². The Bertz CT molecular complexity index is 805. The molecule has 6 nitrogen and oxygen atoms in total. The van der Waals surface area contributed by atoms with Crippen molar-refractivity contribution in [3.63, 3.8) is 0 Å². The highest BCUT2D eigenvalue weighted by Gasteiger charge is 2.21. The lowest BCUT2D eigenvalue weighted by Crippen LogP contribution is -2.50. The first-order chi connectivity index (χ1) is 14.0. The maximum absolute atomic E-state index is 12.7. The van der Waals surface area contributed by atoms with Gasteiger partial charge in [-0.25, -0.2) is 4.79 Å². The van der Waals surface area contributed by atoms with E-state index in [1.165, 1.54) is 5.56 Å². The average Bonchev–Trinajstić information content (AvgIpc) is 2.71. The molecule has 3 rings (SSSR count). The van der Waals surface area contributed by atoms with Crippen LogP contribution in [0, 0.1) is 20.8 Å². The highest BCUT2D eigenvalue weighted by molar-refractivity contribution is 5.91. The Morgan fingerprint density at radius 2 is 1.55 bits per heavy atom. The Hall–Kier alpha value is -2.73. The first kappa shape index (κ1) is 21.0. The number of aryl methyl sites for hydroxylation is 3. The van der Waals surface area contributed by atoms with Crippen molar-refractivity contribution in [2.24, 2.45) is 0 Å². The molecule has 0 unspecified atom stereocenters. The number of hydrogen-bond acceptors (Lipinski definition) is 4. The number of benzene rings is 2. The molecule has 1 aliphatic rings. The number of carbonyl (C=O) groups excluding carboxylic acids is 1. The third-order valence-electron chi connectivity index (χ3n) is 5.30. The Morgan fingerprint density at radius 3 is 2.14 bits per heavy atom. The predicted molar refractivity (Wildman–Crippen MR) is 116 cm³/mol. The van der Waals surface area contributed by atoms with Gasteiger partial charge in [0.2, 0.25) is 0 Å². The van der Waals surface area contributed by atoms with Gasteiger partial charge in [-0.2, -0.15) is 0 Å². The van der Waals surface area contributed by atoms with E-state index in [0.29, 0.717) is 6.61 Å². The van der Waals surface area contributed by atoms with E-state index in [1.807, 2.05) is 43.0 Å². The SMILES string of the molecule is COc1ccc(OCCN2CCN(C(=O)Nc3c(C)cc(C)cc3C)CC2)cc1. The largest absolute Gasteiger partial charge is 0.497 e. The molecule has 0 spiro atoms. The van der Waals surface area contributed by atoms with Crippen molar-refractivity contribution in [3.05, 3.63) is 53.1 Å². The lowest BCUT2D eigenvalue weighted by Gasteiger charge is -2.34. The molecular weight excluding hydrogens is 366 g/mol. The van der Waals surface area contributed by atoms with Crippen molar-refractivity contribution in [2.75, 3.05) is 51.8 Å². The second kappa shape index (κ2) is 9.65. The highest BCUT2D eigenvalue weighted by Crippen LogP contribution is 2.22. The van der Waals surface area contributed by atoms with Gasteiger partial charge in [0.1, 0.15) is 18.1 Å². The quantitative estimate of drug-likeness (QED) is 0.804. The second-order valence-corrected chi connectivity index (χ2v) is 7.56. The van der Waals surface area contributed by atoms with Gasteiger partial charge >= 0.3 is 6.03 Å². The standard InChI is InChI=1S/C23H31N3O3/c1-17-15-18(2)22(19(3)16-17)24-23(27)26-11-9-25(10-12-26)13-14-29-21-7-5-20(28-4)6-8-21/h5-8,15-16H,9-14H2,1-4H3,(H,24,27). The molecule has 0 atom stereocenters. The summed E-state index contributed by atoms with van der Waals surface area (Å²) in [6, 6.07) is 11.8. The van der Waals surface area contributed by atoms with Crippen LogP contribution in [0.4, 0.5) is 10.5 Å². The van der Waals surface area contributed by atoms with E-state index in [4.69, 9.17) is 9.47 Å². The van der Waals surface area contributed by atoms with Gasteiger partial charge in [0.15, 0.2) is 0 Å². The summed E-state index contributed by atoms with van der Waals surface area (Å²) in [5.74, 6) is 1.66. The monoisotopic (exact) mass is 397 g/mol. The van der Waals surface area contributed by atoms with Crippen LogP contribution in [0.3, 0.4) is 0 Å². The van der Waals surface area contributed by atoms with E-state index in [0.717, 1.165) is 61.0 Å². The Morgan fingerprint density at radius 1 is 0.966 bits per heavy atom. The number of piperazine rings is 1. The molecule has 0 bridgehead atoms. The number of hydrogen-bond donors (Lipinski definition) is 1. The van der Waals surface area contributed by atoms with E-state index in [1.54, 1.807) is 7.11 Å². The average molecular weight is 398 g/mol. The van der Waals surface area contributed by atoms with Crippen molar-refractivity contribution >= 4 is 11.7 Å². The van der Waals surface area contributed by atoms with Gasteiger partial charge in [0.05, 0.1) is 7.11 Å². The molecule has 1 N–H and O–H groups in total. The van der Waals surface area contributed by atoms with Gasteiger partial charge < -0.3 is 19.7 Å². The lowest BCUT2D eigenvalue weighted by atomic mass is 10.1. The number of methoxy groups -OCH3 is 1. The summed E-state index contributed by atoms with van der Waals surface area (Å²) < 4.78 is 11.0. The number of ether oxygens (including phenoxy) is 2. The lowest BCUT2D eigenvalue weighted by molar-refractivity contribution is 0.132. The minimum Gasteiger partial charge on any atom is -0.497 e. The third kappa shape index (κ3) is 5.64. The molecule has 1 fully saturated rings. The molecule has 1 heterocycles. The molecule has 2 aromatic rings. The smallest absolute Gasteiger partial charge is 0.321 e. The van der Waals surface area contributed by atoms with Crippen LogP contribution in [0.1, 0.15) is 16.7 Å². The van der Waals surface area contributed by atoms with E-state index in [-0.39, 0.29) is 6.03 Å². The fourth-order valence-corrected chi connectivity index (χ4v) is 3.70.